The highest BCUT2D eigenvalue weighted by Crippen LogP contribution is 2.20. The zero-order valence-corrected chi connectivity index (χ0v) is 14.9. The molecule has 0 N–H and O–H groups in total. The largest absolute Gasteiger partial charge is 0.514 e. The van der Waals surface area contributed by atoms with Crippen molar-refractivity contribution in [3.63, 3.8) is 0 Å². The van der Waals surface area contributed by atoms with E-state index in [2.05, 4.69) is 0 Å². The average Bonchev–Trinajstić information content (AvgIpc) is 2.37. The number of ether oxygens (including phenoxy) is 2. The van der Waals surface area contributed by atoms with Gasteiger partial charge in [-0.1, -0.05) is 30.3 Å². The Labute approximate surface area is 142 Å². The maximum Gasteiger partial charge on any atom is 0.514 e. The molecule has 2 aromatic carbocycles. The molecule has 0 aliphatic heterocycles. The predicted molar refractivity (Wildman–Crippen MR) is 94.2 cm³/mol. The van der Waals surface area contributed by atoms with E-state index in [-0.39, 0.29) is 24.0 Å². The lowest BCUT2D eigenvalue weighted by Crippen LogP contribution is -2.38. The van der Waals surface area contributed by atoms with Gasteiger partial charge in [0.05, 0.1) is 21.1 Å². The highest BCUT2D eigenvalue weighted by atomic mass is 127. The van der Waals surface area contributed by atoms with Crippen molar-refractivity contribution in [1.29, 1.82) is 0 Å². The van der Waals surface area contributed by atoms with E-state index < -0.39 is 6.16 Å². The summed E-state index contributed by atoms with van der Waals surface area (Å²) >= 11 is 0. The minimum Gasteiger partial charge on any atom is -0.428 e. The van der Waals surface area contributed by atoms with Crippen molar-refractivity contribution in [2.24, 2.45) is 0 Å². The number of fused-ring (bicyclic) bond motifs is 1. The zero-order chi connectivity index (χ0) is 14.6. The van der Waals surface area contributed by atoms with E-state index in [1.54, 1.807) is 6.07 Å². The Morgan fingerprint density at radius 3 is 2.38 bits per heavy atom. The first-order chi connectivity index (χ1) is 9.44. The first kappa shape index (κ1) is 17.7. The molecule has 2 rings (SSSR count). The van der Waals surface area contributed by atoms with Crippen LogP contribution in [0.4, 0.5) is 4.79 Å². The molecule has 0 atom stereocenters. The number of likely N-dealkylation sites (N-methyl/N-ethyl adjacent to an activating group) is 1. The van der Waals surface area contributed by atoms with E-state index in [0.29, 0.717) is 12.4 Å². The molecular formula is C16H21INO3+. The molecule has 0 radical (unpaired) electrons. The SMILES string of the molecule is C[N+](C)(C)CCOC(=O)Oc1ccc2ccccc2c1.I. The number of hydrogen-bond donors (Lipinski definition) is 0. The summed E-state index contributed by atoms with van der Waals surface area (Å²) in [5.74, 6) is 0.499. The molecule has 21 heavy (non-hydrogen) atoms. The first-order valence-corrected chi connectivity index (χ1v) is 6.58. The minimum atomic E-state index is -0.659. The van der Waals surface area contributed by atoms with Crippen LogP contribution in [0, 0.1) is 0 Å². The van der Waals surface area contributed by atoms with Crippen LogP contribution in [0.25, 0.3) is 10.8 Å². The van der Waals surface area contributed by atoms with Crippen molar-refractivity contribution in [3.05, 3.63) is 42.5 Å². The van der Waals surface area contributed by atoms with Crippen LogP contribution in [0.5, 0.6) is 5.75 Å². The summed E-state index contributed by atoms with van der Waals surface area (Å²) in [6, 6.07) is 13.4. The summed E-state index contributed by atoms with van der Waals surface area (Å²) in [6.45, 7) is 1.09. The molecule has 0 bridgehead atoms. The number of benzene rings is 2. The second kappa shape index (κ2) is 7.61. The number of rotatable bonds is 4. The lowest BCUT2D eigenvalue weighted by molar-refractivity contribution is -0.870. The topological polar surface area (TPSA) is 35.5 Å². The number of hydrogen-bond acceptors (Lipinski definition) is 3. The minimum absolute atomic E-state index is 0. The second-order valence-corrected chi connectivity index (χ2v) is 5.72. The summed E-state index contributed by atoms with van der Waals surface area (Å²) in [7, 11) is 6.12. The van der Waals surface area contributed by atoms with Crippen LogP contribution in [-0.4, -0.2) is 44.9 Å². The van der Waals surface area contributed by atoms with Crippen LogP contribution in [0.1, 0.15) is 0 Å². The lowest BCUT2D eigenvalue weighted by Gasteiger charge is -2.23. The molecule has 5 heteroatoms. The van der Waals surface area contributed by atoms with Gasteiger partial charge in [0, 0.05) is 0 Å². The van der Waals surface area contributed by atoms with Crippen LogP contribution >= 0.6 is 24.0 Å². The molecule has 0 heterocycles. The predicted octanol–water partition coefficient (Wildman–Crippen LogP) is 3.68. The van der Waals surface area contributed by atoms with Crippen molar-refractivity contribution in [3.8, 4) is 5.75 Å². The van der Waals surface area contributed by atoms with Crippen molar-refractivity contribution >= 4 is 40.9 Å². The lowest BCUT2D eigenvalue weighted by atomic mass is 10.1. The van der Waals surface area contributed by atoms with Gasteiger partial charge in [0.2, 0.25) is 0 Å². The Morgan fingerprint density at radius 1 is 1.05 bits per heavy atom. The van der Waals surface area contributed by atoms with Gasteiger partial charge in [-0.3, -0.25) is 0 Å². The maximum absolute atomic E-state index is 11.6. The number of carbonyl (C=O) groups is 1. The summed E-state index contributed by atoms with van der Waals surface area (Å²) < 4.78 is 11.0. The van der Waals surface area contributed by atoms with E-state index in [9.17, 15) is 4.79 Å². The molecule has 0 spiro atoms. The van der Waals surface area contributed by atoms with Crippen LogP contribution in [0.2, 0.25) is 0 Å². The van der Waals surface area contributed by atoms with Crippen LogP contribution in [0.15, 0.2) is 42.5 Å². The Hall–Kier alpha value is -1.34. The van der Waals surface area contributed by atoms with Gasteiger partial charge >= 0.3 is 6.16 Å². The molecule has 0 aliphatic carbocycles. The number of carbonyl (C=O) groups excluding carboxylic acids is 1. The molecule has 0 amide bonds. The maximum atomic E-state index is 11.6. The molecule has 0 fully saturated rings. The van der Waals surface area contributed by atoms with Gasteiger partial charge in [-0.2, -0.15) is 0 Å². The summed E-state index contributed by atoms with van der Waals surface area (Å²) in [6.07, 6.45) is -0.659. The zero-order valence-electron chi connectivity index (χ0n) is 12.5. The fourth-order valence-electron chi connectivity index (χ4n) is 1.76. The average molecular weight is 402 g/mol. The highest BCUT2D eigenvalue weighted by Gasteiger charge is 2.11. The molecule has 114 valence electrons. The number of nitrogens with zero attached hydrogens (tertiary/aromatic N) is 1. The van der Waals surface area contributed by atoms with E-state index in [0.717, 1.165) is 21.8 Å². The molecule has 0 saturated heterocycles. The third-order valence-electron chi connectivity index (χ3n) is 2.90. The summed E-state index contributed by atoms with van der Waals surface area (Å²) in [5.41, 5.74) is 0. The Kier molecular flexibility index (Phi) is 6.42. The summed E-state index contributed by atoms with van der Waals surface area (Å²) in [5, 5.41) is 2.14. The Balaban J connectivity index is 0.00000220. The van der Waals surface area contributed by atoms with Gasteiger partial charge in [0.15, 0.2) is 0 Å². The van der Waals surface area contributed by atoms with Gasteiger partial charge in [0.1, 0.15) is 18.9 Å². The van der Waals surface area contributed by atoms with Crippen molar-refractivity contribution in [2.75, 3.05) is 34.3 Å². The Morgan fingerprint density at radius 2 is 1.71 bits per heavy atom. The van der Waals surface area contributed by atoms with E-state index >= 15 is 0 Å². The summed E-state index contributed by atoms with van der Waals surface area (Å²) in [4.78, 5) is 11.6. The number of quaternary nitrogens is 1. The van der Waals surface area contributed by atoms with E-state index in [1.807, 2.05) is 57.5 Å². The van der Waals surface area contributed by atoms with Gasteiger partial charge < -0.3 is 14.0 Å². The normalized spacial score (nSPS) is 10.8. The van der Waals surface area contributed by atoms with Gasteiger partial charge in [-0.25, -0.2) is 4.79 Å². The van der Waals surface area contributed by atoms with E-state index in [1.165, 1.54) is 0 Å². The molecule has 0 unspecified atom stereocenters. The molecule has 0 aliphatic rings. The van der Waals surface area contributed by atoms with Gasteiger partial charge in [-0.15, -0.1) is 24.0 Å². The molecular weight excluding hydrogens is 381 g/mol. The molecule has 0 saturated carbocycles. The van der Waals surface area contributed by atoms with E-state index in [4.69, 9.17) is 9.47 Å². The van der Waals surface area contributed by atoms with Crippen LogP contribution in [-0.2, 0) is 4.74 Å². The third kappa shape index (κ3) is 5.89. The molecule has 0 aromatic heterocycles. The van der Waals surface area contributed by atoms with Crippen molar-refractivity contribution in [1.82, 2.24) is 0 Å². The molecule has 4 nitrogen and oxygen atoms in total. The van der Waals surface area contributed by atoms with Crippen molar-refractivity contribution in [2.45, 2.75) is 0 Å². The number of halogens is 1. The Bertz CT molecular complexity index is 608. The second-order valence-electron chi connectivity index (χ2n) is 5.72. The smallest absolute Gasteiger partial charge is 0.428 e. The fourth-order valence-corrected chi connectivity index (χ4v) is 1.76. The standard InChI is InChI=1S/C16H20NO3.HI/c1-17(2,3)10-11-19-16(18)20-15-9-8-13-6-4-5-7-14(13)12-15;/h4-9,12H,10-11H2,1-3H3;1H/q+1;. The third-order valence-corrected chi connectivity index (χ3v) is 2.90. The van der Waals surface area contributed by atoms with Gasteiger partial charge in [-0.05, 0) is 22.9 Å². The quantitative estimate of drug-likeness (QED) is 0.339. The molecule has 2 aromatic rings. The highest BCUT2D eigenvalue weighted by molar-refractivity contribution is 14.0. The van der Waals surface area contributed by atoms with Crippen molar-refractivity contribution < 1.29 is 18.8 Å². The first-order valence-electron chi connectivity index (χ1n) is 6.58. The monoisotopic (exact) mass is 402 g/mol. The van der Waals surface area contributed by atoms with Crippen LogP contribution in [0.3, 0.4) is 0 Å². The fraction of sp³-hybridized carbons (Fsp3) is 0.312. The van der Waals surface area contributed by atoms with Crippen LogP contribution < -0.4 is 4.74 Å². The van der Waals surface area contributed by atoms with Gasteiger partial charge in [0.25, 0.3) is 0 Å².